The normalized spacial score (nSPS) is 9.50. The molecule has 0 unspecified atom stereocenters. The predicted octanol–water partition coefficient (Wildman–Crippen LogP) is 0.562. The van der Waals surface area contributed by atoms with E-state index in [9.17, 15) is 9.59 Å². The lowest BCUT2D eigenvalue weighted by molar-refractivity contribution is 0.0694. The topological polar surface area (TPSA) is 94.0 Å². The van der Waals surface area contributed by atoms with Gasteiger partial charge in [-0.1, -0.05) is 0 Å². The Bertz CT molecular complexity index is 494. The first-order valence-corrected chi connectivity index (χ1v) is 3.86. The van der Waals surface area contributed by atoms with Gasteiger partial charge in [-0.15, -0.1) is 0 Å². The van der Waals surface area contributed by atoms with Crippen molar-refractivity contribution in [1.82, 2.24) is 4.98 Å². The summed E-state index contributed by atoms with van der Waals surface area (Å²) < 4.78 is 0. The maximum Gasteiger partial charge on any atom is 0.337 e. The molecule has 0 atom stereocenters. The van der Waals surface area contributed by atoms with Gasteiger partial charge < -0.3 is 10.1 Å². The summed E-state index contributed by atoms with van der Waals surface area (Å²) in [5.74, 6) is -1.15. The number of hydrogen-bond acceptors (Lipinski definition) is 3. The molecule has 0 saturated carbocycles. The van der Waals surface area contributed by atoms with Crippen LogP contribution < -0.4 is 5.56 Å². The van der Waals surface area contributed by atoms with Crippen LogP contribution in [0.3, 0.4) is 0 Å². The van der Waals surface area contributed by atoms with Crippen LogP contribution in [0.1, 0.15) is 27.2 Å². The second-order valence-electron chi connectivity index (χ2n) is 2.87. The molecular weight excluding hydrogens is 184 g/mol. The SMILES string of the molecule is Cc1[nH]c(=O)c(C#N)c(C)c1C(=O)O. The summed E-state index contributed by atoms with van der Waals surface area (Å²) in [4.78, 5) is 24.3. The molecule has 0 spiro atoms. The van der Waals surface area contributed by atoms with Gasteiger partial charge in [0.25, 0.3) is 5.56 Å². The van der Waals surface area contributed by atoms with Crippen LogP contribution in [0.5, 0.6) is 0 Å². The monoisotopic (exact) mass is 192 g/mol. The van der Waals surface area contributed by atoms with Crippen LogP contribution in [-0.4, -0.2) is 16.1 Å². The van der Waals surface area contributed by atoms with Gasteiger partial charge in [0.2, 0.25) is 0 Å². The van der Waals surface area contributed by atoms with Crippen LogP contribution in [0.4, 0.5) is 0 Å². The number of nitrogens with zero attached hydrogens (tertiary/aromatic N) is 1. The Morgan fingerprint density at radius 2 is 2.07 bits per heavy atom. The summed E-state index contributed by atoms with van der Waals surface area (Å²) in [7, 11) is 0. The Morgan fingerprint density at radius 3 is 2.50 bits per heavy atom. The van der Waals surface area contributed by atoms with Crippen molar-refractivity contribution < 1.29 is 9.90 Å². The van der Waals surface area contributed by atoms with Gasteiger partial charge in [0, 0.05) is 5.69 Å². The van der Waals surface area contributed by atoms with Crippen molar-refractivity contribution in [3.63, 3.8) is 0 Å². The van der Waals surface area contributed by atoms with Gasteiger partial charge >= 0.3 is 5.97 Å². The van der Waals surface area contributed by atoms with E-state index in [0.29, 0.717) is 0 Å². The third-order valence-corrected chi connectivity index (χ3v) is 1.98. The number of H-pyrrole nitrogens is 1. The number of rotatable bonds is 1. The highest BCUT2D eigenvalue weighted by Gasteiger charge is 2.16. The smallest absolute Gasteiger partial charge is 0.337 e. The van der Waals surface area contributed by atoms with E-state index in [0.717, 1.165) is 0 Å². The molecule has 1 aromatic heterocycles. The molecule has 1 rings (SSSR count). The van der Waals surface area contributed by atoms with Crippen LogP contribution >= 0.6 is 0 Å². The number of carbonyl (C=O) groups is 1. The van der Waals surface area contributed by atoms with Crippen LogP contribution in [-0.2, 0) is 0 Å². The molecule has 1 aromatic rings. The fourth-order valence-electron chi connectivity index (χ4n) is 1.33. The molecule has 0 aliphatic heterocycles. The quantitative estimate of drug-likeness (QED) is 0.679. The van der Waals surface area contributed by atoms with Gasteiger partial charge in [-0.3, -0.25) is 4.79 Å². The molecule has 0 bridgehead atoms. The fraction of sp³-hybridized carbons (Fsp3) is 0.222. The molecule has 0 radical (unpaired) electrons. The fourth-order valence-corrected chi connectivity index (χ4v) is 1.33. The number of carboxylic acid groups (broad SMARTS) is 1. The van der Waals surface area contributed by atoms with Crippen LogP contribution in [0, 0.1) is 25.2 Å². The number of nitriles is 1. The number of aryl methyl sites for hydroxylation is 1. The minimum absolute atomic E-state index is 0.0128. The molecule has 72 valence electrons. The summed E-state index contributed by atoms with van der Waals surface area (Å²) in [6.07, 6.45) is 0. The van der Waals surface area contributed by atoms with Gasteiger partial charge in [0.1, 0.15) is 11.6 Å². The Balaban J connectivity index is 3.72. The molecule has 0 amide bonds. The zero-order valence-corrected chi connectivity index (χ0v) is 7.71. The average molecular weight is 192 g/mol. The highest BCUT2D eigenvalue weighted by atomic mass is 16.4. The van der Waals surface area contributed by atoms with E-state index >= 15 is 0 Å². The van der Waals surface area contributed by atoms with E-state index in [-0.39, 0.29) is 22.4 Å². The number of aromatic carboxylic acids is 1. The molecule has 5 heteroatoms. The largest absolute Gasteiger partial charge is 0.478 e. The summed E-state index contributed by atoms with van der Waals surface area (Å²) in [6.45, 7) is 2.93. The first-order valence-electron chi connectivity index (χ1n) is 3.86. The first kappa shape index (κ1) is 9.99. The Morgan fingerprint density at radius 1 is 1.50 bits per heavy atom. The van der Waals surface area contributed by atoms with Crippen LogP contribution in [0.2, 0.25) is 0 Å². The molecule has 14 heavy (non-hydrogen) atoms. The van der Waals surface area contributed by atoms with E-state index in [1.807, 2.05) is 0 Å². The van der Waals surface area contributed by atoms with Crippen LogP contribution in [0.25, 0.3) is 0 Å². The third kappa shape index (κ3) is 1.38. The number of pyridine rings is 1. The van der Waals surface area contributed by atoms with E-state index in [4.69, 9.17) is 10.4 Å². The molecule has 0 fully saturated rings. The van der Waals surface area contributed by atoms with E-state index in [1.165, 1.54) is 13.8 Å². The predicted molar refractivity (Wildman–Crippen MR) is 48.2 cm³/mol. The van der Waals surface area contributed by atoms with Crippen molar-refractivity contribution in [1.29, 1.82) is 5.26 Å². The highest BCUT2D eigenvalue weighted by Crippen LogP contribution is 2.11. The Kier molecular flexibility index (Phi) is 2.38. The Labute approximate surface area is 79.6 Å². The summed E-state index contributed by atoms with van der Waals surface area (Å²) in [5.41, 5.74) is -0.234. The third-order valence-electron chi connectivity index (χ3n) is 1.98. The number of aromatic amines is 1. The minimum atomic E-state index is -1.15. The molecule has 0 aliphatic carbocycles. The van der Waals surface area contributed by atoms with Crippen molar-refractivity contribution in [3.05, 3.63) is 32.7 Å². The lowest BCUT2D eigenvalue weighted by Crippen LogP contribution is -2.18. The van der Waals surface area contributed by atoms with Crippen molar-refractivity contribution in [3.8, 4) is 6.07 Å². The lowest BCUT2D eigenvalue weighted by atomic mass is 10.0. The molecule has 5 nitrogen and oxygen atoms in total. The van der Waals surface area contributed by atoms with Crippen molar-refractivity contribution in [2.24, 2.45) is 0 Å². The minimum Gasteiger partial charge on any atom is -0.478 e. The zero-order valence-electron chi connectivity index (χ0n) is 7.71. The molecule has 1 heterocycles. The molecule has 2 N–H and O–H groups in total. The number of hydrogen-bond donors (Lipinski definition) is 2. The van der Waals surface area contributed by atoms with Crippen LogP contribution in [0.15, 0.2) is 4.79 Å². The van der Waals surface area contributed by atoms with E-state index in [2.05, 4.69) is 4.98 Å². The summed E-state index contributed by atoms with van der Waals surface area (Å²) >= 11 is 0. The number of aromatic nitrogens is 1. The first-order chi connectivity index (χ1) is 6.49. The lowest BCUT2D eigenvalue weighted by Gasteiger charge is -2.05. The standard InChI is InChI=1S/C9H8N2O3/c1-4-6(3-10)8(12)11-5(2)7(4)9(13)14/h1-2H3,(H,11,12)(H,13,14). The summed E-state index contributed by atoms with van der Waals surface area (Å²) in [5, 5.41) is 17.5. The van der Waals surface area contributed by atoms with E-state index in [1.54, 1.807) is 6.07 Å². The van der Waals surface area contributed by atoms with Crippen molar-refractivity contribution >= 4 is 5.97 Å². The number of carboxylic acids is 1. The molecule has 0 aliphatic rings. The van der Waals surface area contributed by atoms with Crippen molar-refractivity contribution in [2.75, 3.05) is 0 Å². The average Bonchev–Trinajstić information content (AvgIpc) is 2.02. The zero-order chi connectivity index (χ0) is 10.9. The molecule has 0 aromatic carbocycles. The highest BCUT2D eigenvalue weighted by molar-refractivity contribution is 5.91. The maximum atomic E-state index is 11.2. The Hall–Kier alpha value is -2.09. The van der Waals surface area contributed by atoms with Gasteiger partial charge in [0.05, 0.1) is 5.56 Å². The maximum absolute atomic E-state index is 11.2. The van der Waals surface area contributed by atoms with Crippen molar-refractivity contribution in [2.45, 2.75) is 13.8 Å². The van der Waals surface area contributed by atoms with Gasteiger partial charge in [-0.2, -0.15) is 5.26 Å². The summed E-state index contributed by atoms with van der Waals surface area (Å²) in [6, 6.07) is 1.68. The second-order valence-corrected chi connectivity index (χ2v) is 2.87. The second kappa shape index (κ2) is 3.34. The molecule has 0 saturated heterocycles. The molecular formula is C9H8N2O3. The van der Waals surface area contributed by atoms with Gasteiger partial charge in [0.15, 0.2) is 0 Å². The van der Waals surface area contributed by atoms with Gasteiger partial charge in [-0.05, 0) is 19.4 Å². The van der Waals surface area contributed by atoms with Gasteiger partial charge in [-0.25, -0.2) is 4.79 Å². The van der Waals surface area contributed by atoms with E-state index < -0.39 is 11.5 Å². The number of nitrogens with one attached hydrogen (secondary N) is 1.